The minimum atomic E-state index is -4.11. The van der Waals surface area contributed by atoms with Crippen LogP contribution in [-0.2, 0) is 9.47 Å². The molecule has 70 valence electrons. The number of alkyl halides is 3. The fraction of sp³-hybridized carbons (Fsp3) is 0.500. The molecule has 0 radical (unpaired) electrons. The lowest BCUT2D eigenvalue weighted by molar-refractivity contribution is -0.218. The molecule has 3 nitrogen and oxygen atoms in total. The van der Waals surface area contributed by atoms with Crippen molar-refractivity contribution >= 4 is 6.16 Å². The van der Waals surface area contributed by atoms with Crippen LogP contribution in [0.25, 0.3) is 0 Å². The van der Waals surface area contributed by atoms with Crippen molar-refractivity contribution in [3.05, 3.63) is 12.7 Å². The van der Waals surface area contributed by atoms with Crippen LogP contribution in [0.2, 0.25) is 0 Å². The van der Waals surface area contributed by atoms with E-state index in [0.29, 0.717) is 0 Å². The first-order valence-corrected chi connectivity index (χ1v) is 2.92. The number of ether oxygens (including phenoxy) is 2. The van der Waals surface area contributed by atoms with Crippen molar-refractivity contribution < 1.29 is 27.4 Å². The Hall–Kier alpha value is -1.20. The Kier molecular flexibility index (Phi) is 4.17. The Morgan fingerprint density at radius 1 is 1.58 bits per heavy atom. The van der Waals surface area contributed by atoms with Gasteiger partial charge in [0.2, 0.25) is 0 Å². The number of rotatable bonds is 4. The largest absolute Gasteiger partial charge is 0.513 e. The molecule has 0 aromatic heterocycles. The molecule has 12 heavy (non-hydrogen) atoms. The maximum Gasteiger partial charge on any atom is 0.513 e. The maximum absolute atomic E-state index is 11.9. The molecule has 0 spiro atoms. The van der Waals surface area contributed by atoms with Crippen LogP contribution in [-0.4, -0.2) is 25.5 Å². The monoisotopic (exact) mass is 184 g/mol. The average Bonchev–Trinajstić information content (AvgIpc) is 2.00. The Labute approximate surface area is 66.8 Å². The highest BCUT2D eigenvalue weighted by Gasteiger charge is 2.34. The Morgan fingerprint density at radius 2 is 2.17 bits per heavy atom. The topological polar surface area (TPSA) is 35.5 Å². The molecule has 0 saturated carbocycles. The van der Waals surface area contributed by atoms with E-state index in [1.165, 1.54) is 0 Å². The summed E-state index contributed by atoms with van der Waals surface area (Å²) >= 11 is 0. The van der Waals surface area contributed by atoms with Crippen LogP contribution in [0, 0.1) is 0 Å². The normalized spacial score (nSPS) is 10.6. The molecule has 0 fully saturated rings. The van der Waals surface area contributed by atoms with Crippen molar-refractivity contribution in [3.8, 4) is 0 Å². The van der Waals surface area contributed by atoms with E-state index in [0.717, 1.165) is 6.08 Å². The Bertz CT molecular complexity index is 169. The summed E-state index contributed by atoms with van der Waals surface area (Å²) in [7, 11) is 0. The third-order valence-corrected chi connectivity index (χ3v) is 0.707. The summed E-state index contributed by atoms with van der Waals surface area (Å²) in [6.45, 7) is 0.819. The summed E-state index contributed by atoms with van der Waals surface area (Å²) < 4.78 is 42.4. The van der Waals surface area contributed by atoms with E-state index in [1.54, 1.807) is 0 Å². The molecule has 0 unspecified atom stereocenters. The van der Waals surface area contributed by atoms with E-state index >= 15 is 0 Å². The minimum Gasteiger partial charge on any atom is -0.430 e. The maximum atomic E-state index is 11.9. The quantitative estimate of drug-likeness (QED) is 0.494. The van der Waals surface area contributed by atoms with Gasteiger partial charge in [0.15, 0.2) is 6.67 Å². The van der Waals surface area contributed by atoms with Crippen molar-refractivity contribution in [2.24, 2.45) is 0 Å². The molecule has 0 saturated heterocycles. The van der Waals surface area contributed by atoms with Crippen LogP contribution >= 0.6 is 0 Å². The number of hydrogen-bond acceptors (Lipinski definition) is 3. The highest BCUT2D eigenvalue weighted by atomic mass is 19.3. The molecule has 0 amide bonds. The molecule has 6 heteroatoms. The van der Waals surface area contributed by atoms with Crippen LogP contribution < -0.4 is 0 Å². The minimum absolute atomic E-state index is 0.263. The third-order valence-electron chi connectivity index (χ3n) is 0.707. The second-order valence-electron chi connectivity index (χ2n) is 1.72. The molecule has 0 atom stereocenters. The van der Waals surface area contributed by atoms with Crippen molar-refractivity contribution in [1.29, 1.82) is 0 Å². The van der Waals surface area contributed by atoms with E-state index < -0.39 is 18.9 Å². The molecule has 0 N–H and O–H groups in total. The van der Waals surface area contributed by atoms with Gasteiger partial charge in [-0.15, -0.1) is 0 Å². The van der Waals surface area contributed by atoms with Crippen LogP contribution in [0.3, 0.4) is 0 Å². The molecule has 0 aromatic carbocycles. The second-order valence-corrected chi connectivity index (χ2v) is 1.72. The van der Waals surface area contributed by atoms with Crippen LogP contribution in [0.4, 0.5) is 18.0 Å². The fourth-order valence-electron chi connectivity index (χ4n) is 0.306. The molecule has 0 aromatic rings. The molecule has 0 heterocycles. The second kappa shape index (κ2) is 4.63. The predicted molar refractivity (Wildman–Crippen MR) is 33.6 cm³/mol. The molecule has 0 aliphatic carbocycles. The highest BCUT2D eigenvalue weighted by Crippen LogP contribution is 2.16. The van der Waals surface area contributed by atoms with Crippen molar-refractivity contribution in [2.75, 3.05) is 13.3 Å². The van der Waals surface area contributed by atoms with Gasteiger partial charge in [0.1, 0.15) is 6.61 Å². The van der Waals surface area contributed by atoms with Gasteiger partial charge in [0.25, 0.3) is 0 Å². The standard InChI is InChI=1S/C6H7F3O3/c1-2-3-11-5(10)12-6(8,9)4-7/h2H,1,3-4H2. The van der Waals surface area contributed by atoms with E-state index in [2.05, 4.69) is 16.1 Å². The van der Waals surface area contributed by atoms with Gasteiger partial charge in [0.05, 0.1) is 0 Å². The van der Waals surface area contributed by atoms with Crippen LogP contribution in [0.15, 0.2) is 12.7 Å². The summed E-state index contributed by atoms with van der Waals surface area (Å²) in [6, 6.07) is 0. The van der Waals surface area contributed by atoms with Gasteiger partial charge >= 0.3 is 12.3 Å². The number of halogens is 3. The Balaban J connectivity index is 3.75. The number of carbonyl (C=O) groups excluding carboxylic acids is 1. The fourth-order valence-corrected chi connectivity index (χ4v) is 0.306. The SMILES string of the molecule is C=CCOC(=O)OC(F)(F)CF. The van der Waals surface area contributed by atoms with Crippen molar-refractivity contribution in [2.45, 2.75) is 6.11 Å². The molecule has 0 aliphatic rings. The van der Waals surface area contributed by atoms with Crippen molar-refractivity contribution in [3.63, 3.8) is 0 Å². The zero-order valence-corrected chi connectivity index (χ0v) is 6.06. The third kappa shape index (κ3) is 4.59. The van der Waals surface area contributed by atoms with E-state index in [1.807, 2.05) is 0 Å². The van der Waals surface area contributed by atoms with E-state index in [9.17, 15) is 18.0 Å². The van der Waals surface area contributed by atoms with Gasteiger partial charge in [-0.1, -0.05) is 12.7 Å². The Morgan fingerprint density at radius 3 is 2.58 bits per heavy atom. The number of hydrogen-bond donors (Lipinski definition) is 0. The summed E-state index contributed by atoms with van der Waals surface area (Å²) in [6.07, 6.45) is -4.58. The lowest BCUT2D eigenvalue weighted by Crippen LogP contribution is -2.27. The summed E-state index contributed by atoms with van der Waals surface area (Å²) in [5.41, 5.74) is 0. The molecular formula is C6H7F3O3. The first kappa shape index (κ1) is 10.8. The average molecular weight is 184 g/mol. The van der Waals surface area contributed by atoms with Crippen LogP contribution in [0.5, 0.6) is 0 Å². The first-order valence-electron chi connectivity index (χ1n) is 2.92. The van der Waals surface area contributed by atoms with E-state index in [4.69, 9.17) is 0 Å². The van der Waals surface area contributed by atoms with Gasteiger partial charge in [0, 0.05) is 0 Å². The summed E-state index contributed by atoms with van der Waals surface area (Å²) in [4.78, 5) is 10.2. The summed E-state index contributed by atoms with van der Waals surface area (Å²) in [5, 5.41) is 0. The zero-order chi connectivity index (χ0) is 9.61. The molecule has 0 aliphatic heterocycles. The lowest BCUT2D eigenvalue weighted by Gasteiger charge is -2.11. The van der Waals surface area contributed by atoms with Gasteiger partial charge in [-0.3, -0.25) is 0 Å². The molecule has 0 rings (SSSR count). The first-order chi connectivity index (χ1) is 5.52. The molecular weight excluding hydrogens is 177 g/mol. The van der Waals surface area contributed by atoms with Crippen LogP contribution in [0.1, 0.15) is 0 Å². The van der Waals surface area contributed by atoms with E-state index in [-0.39, 0.29) is 6.61 Å². The summed E-state index contributed by atoms with van der Waals surface area (Å²) in [5.74, 6) is 0. The smallest absolute Gasteiger partial charge is 0.430 e. The van der Waals surface area contributed by atoms with Gasteiger partial charge in [-0.25, -0.2) is 9.18 Å². The van der Waals surface area contributed by atoms with Gasteiger partial charge in [-0.2, -0.15) is 8.78 Å². The lowest BCUT2D eigenvalue weighted by atomic mass is 10.7. The van der Waals surface area contributed by atoms with Gasteiger partial charge < -0.3 is 9.47 Å². The highest BCUT2D eigenvalue weighted by molar-refractivity contribution is 5.60. The zero-order valence-electron chi connectivity index (χ0n) is 6.06. The number of carbonyl (C=O) groups is 1. The molecule has 0 bridgehead atoms. The van der Waals surface area contributed by atoms with Gasteiger partial charge in [-0.05, 0) is 0 Å². The predicted octanol–water partition coefficient (Wildman–Crippen LogP) is 1.89. The van der Waals surface area contributed by atoms with Crippen molar-refractivity contribution in [1.82, 2.24) is 0 Å².